The Kier molecular flexibility index (Phi) is 16.5. The summed E-state index contributed by atoms with van der Waals surface area (Å²) in [5.74, 6) is 0.976. The average molecular weight is 1100 g/mol. The molecule has 0 spiro atoms. The SMILES string of the molecule is COc1ccc2c(c1)O[C@H](c1ccc(OC)c(OC)c1)[C@H](OC(C)=O)C2c1c(OC)c2c(c([C@H]3c4ccc(OC)cc4O[C@H](c4ccc(OC)c(OC)c4)[C@@H]3OC(C)=O)c1OC)O[C@H](c1ccc(OC)c(OC)c1)[C@H](OC(C)=O)C2. The van der Waals surface area contributed by atoms with E-state index in [1.807, 2.05) is 12.1 Å². The lowest BCUT2D eigenvalue weighted by Crippen LogP contribution is -2.41. The Balaban J connectivity index is 1.44. The molecule has 8 atom stereocenters. The predicted octanol–water partition coefficient (Wildman–Crippen LogP) is 9.78. The zero-order chi connectivity index (χ0) is 57.1. The molecule has 0 N–H and O–H groups in total. The fourth-order valence-electron chi connectivity index (χ4n) is 11.2. The number of hydrogen-bond acceptors (Lipinski definition) is 19. The van der Waals surface area contributed by atoms with Crippen LogP contribution < -0.4 is 61.6 Å². The summed E-state index contributed by atoms with van der Waals surface area (Å²) in [7, 11) is 15.2. The van der Waals surface area contributed by atoms with Crippen molar-refractivity contribution < 1.29 is 90.2 Å². The summed E-state index contributed by atoms with van der Waals surface area (Å²) in [5.41, 5.74) is 3.91. The summed E-state index contributed by atoms with van der Waals surface area (Å²) in [6, 6.07) is 26.6. The Morgan fingerprint density at radius 1 is 0.400 bits per heavy atom. The highest BCUT2D eigenvalue weighted by molar-refractivity contribution is 5.74. The van der Waals surface area contributed by atoms with Gasteiger partial charge in [-0.05, 0) is 48.5 Å². The van der Waals surface area contributed by atoms with Crippen LogP contribution in [0, 0.1) is 0 Å². The van der Waals surface area contributed by atoms with Gasteiger partial charge in [-0.15, -0.1) is 0 Å². The topological polar surface area (TPSA) is 199 Å². The van der Waals surface area contributed by atoms with Crippen molar-refractivity contribution in [2.75, 3.05) is 71.1 Å². The largest absolute Gasteiger partial charge is 0.497 e. The van der Waals surface area contributed by atoms with Crippen LogP contribution in [0.1, 0.15) is 95.4 Å². The minimum atomic E-state index is -1.21. The number of esters is 3. The standard InChI is InChI=1S/C61H64O19/c1-30(62)75-49-29-40-57(73-12)52(50-38-19-17-36(65-4)27-44(38)78-55(60(50)76-31(2)63)34-15-22-42(68-7)47(25-34)71-10)59(74-13)53(58(40)80-54(49)33-14-21-41(67-6)46(24-33)70-9)51-39-20-18-37(66-5)28-45(39)79-56(61(51)77-32(3)64)35-16-23-43(69-8)48(26-35)72-11/h14-28,49-51,54-56,60-61H,29H2,1-13H3/t49-,50?,51-,54-,55-,56-,60-,61-/m1/s1. The van der Waals surface area contributed by atoms with Crippen LogP contribution in [0.2, 0.25) is 0 Å². The molecule has 19 heteroatoms. The van der Waals surface area contributed by atoms with Gasteiger partial charge in [-0.1, -0.05) is 30.3 Å². The van der Waals surface area contributed by atoms with Crippen LogP contribution in [0.3, 0.4) is 0 Å². The number of fused-ring (bicyclic) bond motifs is 3. The highest BCUT2D eigenvalue weighted by Crippen LogP contribution is 2.62. The van der Waals surface area contributed by atoms with Gasteiger partial charge in [-0.25, -0.2) is 0 Å². The summed E-state index contributed by atoms with van der Waals surface area (Å²) in [6.45, 7) is 3.95. The lowest BCUT2D eigenvalue weighted by atomic mass is 9.73. The number of ether oxygens (including phenoxy) is 16. The normalized spacial score (nSPS) is 20.5. The zero-order valence-electron chi connectivity index (χ0n) is 46.7. The van der Waals surface area contributed by atoms with E-state index in [0.717, 1.165) is 0 Å². The van der Waals surface area contributed by atoms with Crippen LogP contribution in [-0.4, -0.2) is 107 Å². The molecule has 0 radical (unpaired) electrons. The second-order valence-corrected chi connectivity index (χ2v) is 18.9. The number of hydrogen-bond donors (Lipinski definition) is 0. The zero-order valence-corrected chi connectivity index (χ0v) is 46.7. The van der Waals surface area contributed by atoms with Crippen LogP contribution in [0.15, 0.2) is 91.0 Å². The van der Waals surface area contributed by atoms with Gasteiger partial charge in [0, 0.05) is 83.8 Å². The van der Waals surface area contributed by atoms with Crippen molar-refractivity contribution in [1.82, 2.24) is 0 Å². The first-order chi connectivity index (χ1) is 38.7. The third kappa shape index (κ3) is 10.3. The molecule has 0 aliphatic carbocycles. The summed E-state index contributed by atoms with van der Waals surface area (Å²) in [6.07, 6.45) is -6.56. The van der Waals surface area contributed by atoms with Crippen molar-refractivity contribution in [3.63, 3.8) is 0 Å². The van der Waals surface area contributed by atoms with Crippen LogP contribution in [-0.2, 0) is 35.0 Å². The summed E-state index contributed by atoms with van der Waals surface area (Å²) in [4.78, 5) is 41.0. The summed E-state index contributed by atoms with van der Waals surface area (Å²) < 4.78 is 100. The number of methoxy groups -OCH3 is 10. The van der Waals surface area contributed by atoms with E-state index in [1.165, 1.54) is 77.6 Å². The van der Waals surface area contributed by atoms with Crippen LogP contribution in [0.5, 0.6) is 74.7 Å². The molecule has 80 heavy (non-hydrogen) atoms. The Morgan fingerprint density at radius 2 is 0.800 bits per heavy atom. The van der Waals surface area contributed by atoms with E-state index in [0.29, 0.717) is 102 Å². The van der Waals surface area contributed by atoms with Gasteiger partial charge in [0.05, 0.1) is 82.9 Å². The summed E-state index contributed by atoms with van der Waals surface area (Å²) in [5, 5.41) is 0. The molecule has 3 heterocycles. The van der Waals surface area contributed by atoms with Gasteiger partial charge in [0.15, 0.2) is 65.0 Å². The fraction of sp³-hybridized carbons (Fsp3) is 0.361. The molecule has 19 nitrogen and oxygen atoms in total. The maximum atomic E-state index is 13.9. The third-order valence-electron chi connectivity index (χ3n) is 14.5. The van der Waals surface area contributed by atoms with E-state index in [4.69, 9.17) is 75.8 Å². The van der Waals surface area contributed by atoms with Crippen molar-refractivity contribution >= 4 is 17.9 Å². The van der Waals surface area contributed by atoms with Gasteiger partial charge in [-0.3, -0.25) is 14.4 Å². The first-order valence-electron chi connectivity index (χ1n) is 25.5. The number of benzene rings is 6. The Hall–Kier alpha value is -8.87. The van der Waals surface area contributed by atoms with Gasteiger partial charge in [0.1, 0.15) is 46.4 Å². The molecule has 3 aliphatic rings. The van der Waals surface area contributed by atoms with E-state index < -0.39 is 66.4 Å². The average Bonchev–Trinajstić information content (AvgIpc) is 3.56. The molecular formula is C61H64O19. The van der Waals surface area contributed by atoms with Gasteiger partial charge in [0.2, 0.25) is 0 Å². The maximum absolute atomic E-state index is 13.9. The molecule has 0 bridgehead atoms. The second kappa shape index (κ2) is 23.6. The number of carbonyl (C=O) groups excluding carboxylic acids is 3. The molecule has 6 aromatic rings. The van der Waals surface area contributed by atoms with Crippen LogP contribution in [0.4, 0.5) is 0 Å². The minimum Gasteiger partial charge on any atom is -0.497 e. The molecule has 0 aromatic heterocycles. The molecule has 9 rings (SSSR count). The predicted molar refractivity (Wildman–Crippen MR) is 288 cm³/mol. The molecule has 3 aliphatic heterocycles. The van der Waals surface area contributed by atoms with E-state index in [-0.39, 0.29) is 23.7 Å². The monoisotopic (exact) mass is 1100 g/mol. The molecule has 1 unspecified atom stereocenters. The first-order valence-corrected chi connectivity index (χ1v) is 25.5. The Bertz CT molecular complexity index is 3300. The molecule has 0 fully saturated rings. The third-order valence-corrected chi connectivity index (χ3v) is 14.5. The molecule has 0 amide bonds. The van der Waals surface area contributed by atoms with Crippen LogP contribution in [0.25, 0.3) is 0 Å². The van der Waals surface area contributed by atoms with Crippen molar-refractivity contribution in [3.05, 3.63) is 136 Å². The van der Waals surface area contributed by atoms with E-state index in [9.17, 15) is 14.4 Å². The minimum absolute atomic E-state index is 0.0207. The van der Waals surface area contributed by atoms with Crippen molar-refractivity contribution in [3.8, 4) is 74.7 Å². The van der Waals surface area contributed by atoms with E-state index >= 15 is 0 Å². The second-order valence-electron chi connectivity index (χ2n) is 18.9. The number of carbonyl (C=O) groups is 3. The summed E-state index contributed by atoms with van der Waals surface area (Å²) >= 11 is 0. The molecule has 6 aromatic carbocycles. The van der Waals surface area contributed by atoms with Crippen molar-refractivity contribution in [1.29, 1.82) is 0 Å². The van der Waals surface area contributed by atoms with Gasteiger partial charge in [0.25, 0.3) is 0 Å². The Labute approximate surface area is 463 Å². The van der Waals surface area contributed by atoms with Gasteiger partial charge in [-0.2, -0.15) is 0 Å². The maximum Gasteiger partial charge on any atom is 0.303 e. The lowest BCUT2D eigenvalue weighted by molar-refractivity contribution is -0.154. The van der Waals surface area contributed by atoms with Crippen LogP contribution >= 0.6 is 0 Å². The van der Waals surface area contributed by atoms with Crippen molar-refractivity contribution in [2.45, 2.75) is 75.7 Å². The molecular weight excluding hydrogens is 1040 g/mol. The smallest absolute Gasteiger partial charge is 0.303 e. The Morgan fingerprint density at radius 3 is 1.18 bits per heavy atom. The highest BCUT2D eigenvalue weighted by atomic mass is 16.6. The quantitative estimate of drug-likeness (QED) is 0.0581. The van der Waals surface area contributed by atoms with E-state index in [1.54, 1.807) is 93.1 Å². The van der Waals surface area contributed by atoms with Crippen molar-refractivity contribution in [2.24, 2.45) is 0 Å². The van der Waals surface area contributed by atoms with Gasteiger partial charge >= 0.3 is 17.9 Å². The lowest BCUT2D eigenvalue weighted by Gasteiger charge is -2.44. The molecule has 422 valence electrons. The highest BCUT2D eigenvalue weighted by Gasteiger charge is 2.52. The first kappa shape index (κ1) is 55.9. The fourth-order valence-corrected chi connectivity index (χ4v) is 11.2. The molecule has 0 saturated carbocycles. The van der Waals surface area contributed by atoms with E-state index in [2.05, 4.69) is 0 Å². The number of rotatable bonds is 18. The van der Waals surface area contributed by atoms with Gasteiger partial charge < -0.3 is 75.8 Å². The molecule has 0 saturated heterocycles.